The van der Waals surface area contributed by atoms with Crippen LogP contribution >= 0.6 is 0 Å². The topological polar surface area (TPSA) is 61.9 Å². The third kappa shape index (κ3) is 2.03. The van der Waals surface area contributed by atoms with Crippen LogP contribution in [0.5, 0.6) is 0 Å². The molecule has 3 rings (SSSR count). The van der Waals surface area contributed by atoms with Crippen LogP contribution in [0.15, 0.2) is 0 Å². The number of amides is 2. The van der Waals surface area contributed by atoms with Gasteiger partial charge in [0.1, 0.15) is 6.61 Å². The summed E-state index contributed by atoms with van der Waals surface area (Å²) in [6.07, 6.45) is -0.496. The van der Waals surface area contributed by atoms with Gasteiger partial charge in [-0.2, -0.15) is 0 Å². The number of hydrogen-bond donors (Lipinski definition) is 1. The maximum atomic E-state index is 12.2. The molecule has 0 radical (unpaired) electrons. The molecule has 1 N–H and O–H groups in total. The average molecular weight is 267 g/mol. The van der Waals surface area contributed by atoms with Gasteiger partial charge in [0.15, 0.2) is 0 Å². The highest BCUT2D eigenvalue weighted by Gasteiger charge is 2.50. The molecule has 106 valence electrons. The van der Waals surface area contributed by atoms with Crippen molar-refractivity contribution in [1.82, 2.24) is 15.1 Å². The molecule has 3 saturated heterocycles. The minimum absolute atomic E-state index is 0.00740. The van der Waals surface area contributed by atoms with Gasteiger partial charge < -0.3 is 10.1 Å². The second-order valence-electron chi connectivity index (χ2n) is 6.22. The SMILES string of the molecule is CC1(C)C2CNCC2CN1CC(=O)N1CCOC1=O. The van der Waals surface area contributed by atoms with E-state index in [9.17, 15) is 9.59 Å². The molecule has 3 fully saturated rings. The van der Waals surface area contributed by atoms with Crippen LogP contribution in [0.25, 0.3) is 0 Å². The molecule has 3 aliphatic rings. The zero-order valence-corrected chi connectivity index (χ0v) is 11.5. The smallest absolute Gasteiger partial charge is 0.416 e. The predicted molar refractivity (Wildman–Crippen MR) is 68.6 cm³/mol. The summed E-state index contributed by atoms with van der Waals surface area (Å²) >= 11 is 0. The Hall–Kier alpha value is -1.14. The van der Waals surface area contributed by atoms with E-state index in [0.717, 1.165) is 19.6 Å². The van der Waals surface area contributed by atoms with E-state index < -0.39 is 6.09 Å². The van der Waals surface area contributed by atoms with Crippen molar-refractivity contribution in [3.05, 3.63) is 0 Å². The number of rotatable bonds is 2. The molecule has 19 heavy (non-hydrogen) atoms. The lowest BCUT2D eigenvalue weighted by atomic mass is 9.85. The van der Waals surface area contributed by atoms with Crippen LogP contribution in [0, 0.1) is 11.8 Å². The number of nitrogens with zero attached hydrogens (tertiary/aromatic N) is 2. The number of likely N-dealkylation sites (tertiary alicyclic amines) is 1. The van der Waals surface area contributed by atoms with Gasteiger partial charge in [-0.3, -0.25) is 9.69 Å². The summed E-state index contributed by atoms with van der Waals surface area (Å²) in [5.41, 5.74) is 0.00740. The van der Waals surface area contributed by atoms with Crippen molar-refractivity contribution in [3.8, 4) is 0 Å². The lowest BCUT2D eigenvalue weighted by Gasteiger charge is -2.35. The van der Waals surface area contributed by atoms with Gasteiger partial charge in [-0.25, -0.2) is 9.69 Å². The Balaban J connectivity index is 1.67. The zero-order chi connectivity index (χ0) is 13.6. The zero-order valence-electron chi connectivity index (χ0n) is 11.5. The molecule has 0 aromatic rings. The minimum atomic E-state index is -0.496. The van der Waals surface area contributed by atoms with E-state index in [1.807, 2.05) is 0 Å². The first-order valence-electron chi connectivity index (χ1n) is 6.93. The standard InChI is InChI=1S/C13H21N3O3/c1-13(2)10-6-14-5-9(10)7-15(13)8-11(17)16-3-4-19-12(16)18/h9-10,14H,3-8H2,1-2H3. The van der Waals surface area contributed by atoms with Crippen LogP contribution in [0.4, 0.5) is 4.79 Å². The predicted octanol–water partition coefficient (Wildman–Crippen LogP) is -0.105. The van der Waals surface area contributed by atoms with Gasteiger partial charge in [0.05, 0.1) is 13.1 Å². The molecule has 2 atom stereocenters. The van der Waals surface area contributed by atoms with E-state index in [4.69, 9.17) is 4.74 Å². The summed E-state index contributed by atoms with van der Waals surface area (Å²) in [5.74, 6) is 1.07. The van der Waals surface area contributed by atoms with Crippen LogP contribution in [0.2, 0.25) is 0 Å². The number of carbonyl (C=O) groups is 2. The van der Waals surface area contributed by atoms with Crippen molar-refractivity contribution in [1.29, 1.82) is 0 Å². The van der Waals surface area contributed by atoms with Crippen molar-refractivity contribution in [2.45, 2.75) is 19.4 Å². The monoisotopic (exact) mass is 267 g/mol. The summed E-state index contributed by atoms with van der Waals surface area (Å²) < 4.78 is 4.82. The van der Waals surface area contributed by atoms with Crippen molar-refractivity contribution in [2.75, 3.05) is 39.3 Å². The Morgan fingerprint density at radius 1 is 1.47 bits per heavy atom. The minimum Gasteiger partial charge on any atom is -0.447 e. The molecule has 3 heterocycles. The Bertz CT molecular complexity index is 410. The summed E-state index contributed by atoms with van der Waals surface area (Å²) in [6.45, 7) is 8.40. The second-order valence-corrected chi connectivity index (χ2v) is 6.22. The van der Waals surface area contributed by atoms with Crippen molar-refractivity contribution >= 4 is 12.0 Å². The first-order valence-corrected chi connectivity index (χ1v) is 6.93. The van der Waals surface area contributed by atoms with Crippen molar-refractivity contribution < 1.29 is 14.3 Å². The molecular formula is C13H21N3O3. The summed E-state index contributed by atoms with van der Waals surface area (Å²) in [5, 5.41) is 3.42. The highest BCUT2D eigenvalue weighted by molar-refractivity contribution is 5.94. The number of ether oxygens (including phenoxy) is 1. The fourth-order valence-electron chi connectivity index (χ4n) is 3.64. The van der Waals surface area contributed by atoms with E-state index in [1.165, 1.54) is 4.90 Å². The maximum Gasteiger partial charge on any atom is 0.416 e. The summed E-state index contributed by atoms with van der Waals surface area (Å²) in [4.78, 5) is 27.0. The van der Waals surface area contributed by atoms with Crippen LogP contribution in [0.3, 0.4) is 0 Å². The molecule has 6 nitrogen and oxygen atoms in total. The van der Waals surface area contributed by atoms with E-state index in [0.29, 0.717) is 31.5 Å². The number of cyclic esters (lactones) is 1. The number of hydrogen-bond acceptors (Lipinski definition) is 5. The molecule has 2 amide bonds. The van der Waals surface area contributed by atoms with Gasteiger partial charge in [-0.15, -0.1) is 0 Å². The lowest BCUT2D eigenvalue weighted by Crippen LogP contribution is -2.49. The third-order valence-corrected chi connectivity index (χ3v) is 4.91. The molecule has 0 spiro atoms. The third-order valence-electron chi connectivity index (χ3n) is 4.91. The highest BCUT2D eigenvalue weighted by atomic mass is 16.6. The first kappa shape index (κ1) is 12.9. The molecule has 0 saturated carbocycles. The molecule has 6 heteroatoms. The molecule has 2 unspecified atom stereocenters. The Morgan fingerprint density at radius 3 is 2.89 bits per heavy atom. The normalized spacial score (nSPS) is 33.6. The molecule has 0 bridgehead atoms. The average Bonchev–Trinajstić information content (AvgIpc) is 3.00. The Morgan fingerprint density at radius 2 is 2.26 bits per heavy atom. The first-order chi connectivity index (χ1) is 9.00. The van der Waals surface area contributed by atoms with Gasteiger partial charge in [0.2, 0.25) is 5.91 Å². The van der Waals surface area contributed by atoms with Crippen molar-refractivity contribution in [2.24, 2.45) is 11.8 Å². The van der Waals surface area contributed by atoms with Crippen LogP contribution in [-0.2, 0) is 9.53 Å². The van der Waals surface area contributed by atoms with Gasteiger partial charge >= 0.3 is 6.09 Å². The number of nitrogens with one attached hydrogen (secondary N) is 1. The fraction of sp³-hybridized carbons (Fsp3) is 0.846. The second kappa shape index (κ2) is 4.45. The Labute approximate surface area is 113 Å². The Kier molecular flexibility index (Phi) is 3.02. The molecule has 0 aromatic carbocycles. The lowest BCUT2D eigenvalue weighted by molar-refractivity contribution is -0.130. The van der Waals surface area contributed by atoms with Gasteiger partial charge in [0.25, 0.3) is 0 Å². The summed E-state index contributed by atoms with van der Waals surface area (Å²) in [7, 11) is 0. The largest absolute Gasteiger partial charge is 0.447 e. The summed E-state index contributed by atoms with van der Waals surface area (Å²) in [6, 6.07) is 0. The van der Waals surface area contributed by atoms with Gasteiger partial charge in [0, 0.05) is 18.6 Å². The van der Waals surface area contributed by atoms with E-state index >= 15 is 0 Å². The molecule has 0 aliphatic carbocycles. The highest BCUT2D eigenvalue weighted by Crippen LogP contribution is 2.40. The van der Waals surface area contributed by atoms with E-state index in [2.05, 4.69) is 24.1 Å². The maximum absolute atomic E-state index is 12.2. The fourth-order valence-corrected chi connectivity index (χ4v) is 3.64. The van der Waals surface area contributed by atoms with E-state index in [-0.39, 0.29) is 11.4 Å². The van der Waals surface area contributed by atoms with Crippen molar-refractivity contribution in [3.63, 3.8) is 0 Å². The van der Waals surface area contributed by atoms with Crippen LogP contribution in [0.1, 0.15) is 13.8 Å². The quantitative estimate of drug-likeness (QED) is 0.757. The molecule has 3 aliphatic heterocycles. The van der Waals surface area contributed by atoms with Crippen LogP contribution in [-0.4, -0.2) is 66.7 Å². The number of imide groups is 1. The number of carbonyl (C=O) groups excluding carboxylic acids is 2. The van der Waals surface area contributed by atoms with Gasteiger partial charge in [-0.05, 0) is 32.2 Å². The molecule has 0 aromatic heterocycles. The van der Waals surface area contributed by atoms with E-state index in [1.54, 1.807) is 0 Å². The number of fused-ring (bicyclic) bond motifs is 1. The molecular weight excluding hydrogens is 246 g/mol. The van der Waals surface area contributed by atoms with Crippen LogP contribution < -0.4 is 5.32 Å². The van der Waals surface area contributed by atoms with Gasteiger partial charge in [-0.1, -0.05) is 0 Å².